The molecule has 2 aromatic carbocycles. The summed E-state index contributed by atoms with van der Waals surface area (Å²) in [6.45, 7) is 1.80. The normalized spacial score (nSPS) is 12.3. The molecule has 24 heavy (non-hydrogen) atoms. The predicted molar refractivity (Wildman–Crippen MR) is 92.1 cm³/mol. The van der Waals surface area contributed by atoms with E-state index >= 15 is 0 Å². The van der Waals surface area contributed by atoms with Gasteiger partial charge in [-0.2, -0.15) is 0 Å². The largest absolute Gasteiger partial charge is 0.463 e. The summed E-state index contributed by atoms with van der Waals surface area (Å²) in [6.07, 6.45) is -1.10. The Hall–Kier alpha value is -2.80. The summed E-state index contributed by atoms with van der Waals surface area (Å²) in [4.78, 5) is 0. The van der Waals surface area contributed by atoms with E-state index in [0.29, 0.717) is 22.6 Å². The summed E-state index contributed by atoms with van der Waals surface area (Å²) in [7, 11) is 0. The van der Waals surface area contributed by atoms with E-state index in [1.165, 1.54) is 0 Å². The van der Waals surface area contributed by atoms with Gasteiger partial charge in [0.1, 0.15) is 11.5 Å². The molecule has 0 spiro atoms. The summed E-state index contributed by atoms with van der Waals surface area (Å²) in [6, 6.07) is 21.8. The van der Waals surface area contributed by atoms with Crippen molar-refractivity contribution >= 4 is 0 Å². The van der Waals surface area contributed by atoms with Gasteiger partial charge in [0.15, 0.2) is 11.7 Å². The SMILES string of the molecule is Cc1ccc(C(O)C#CC(O)(c2ccccc2)c2ccccc2)o1. The number of benzene rings is 2. The van der Waals surface area contributed by atoms with Crippen molar-refractivity contribution in [2.75, 3.05) is 0 Å². The van der Waals surface area contributed by atoms with Gasteiger partial charge < -0.3 is 14.6 Å². The third-order valence-corrected chi connectivity index (χ3v) is 3.80. The zero-order valence-electron chi connectivity index (χ0n) is 13.3. The highest BCUT2D eigenvalue weighted by atomic mass is 16.4. The van der Waals surface area contributed by atoms with Gasteiger partial charge in [-0.05, 0) is 19.1 Å². The number of aryl methyl sites for hydroxylation is 1. The van der Waals surface area contributed by atoms with Crippen LogP contribution in [-0.2, 0) is 5.60 Å². The van der Waals surface area contributed by atoms with Crippen LogP contribution in [0.5, 0.6) is 0 Å². The fourth-order valence-corrected chi connectivity index (χ4v) is 2.51. The van der Waals surface area contributed by atoms with Gasteiger partial charge in [-0.3, -0.25) is 0 Å². The van der Waals surface area contributed by atoms with E-state index < -0.39 is 11.7 Å². The first-order valence-electron chi connectivity index (χ1n) is 7.70. The minimum absolute atomic E-state index is 0.364. The van der Waals surface area contributed by atoms with Crippen molar-refractivity contribution in [2.45, 2.75) is 18.6 Å². The molecule has 0 saturated heterocycles. The molecule has 3 heteroatoms. The van der Waals surface area contributed by atoms with Crippen LogP contribution in [0.25, 0.3) is 0 Å². The third kappa shape index (κ3) is 3.26. The van der Waals surface area contributed by atoms with Gasteiger partial charge in [0, 0.05) is 11.1 Å². The summed E-state index contributed by atoms with van der Waals surface area (Å²) in [5, 5.41) is 21.5. The number of rotatable bonds is 3. The number of hydrogen-bond acceptors (Lipinski definition) is 3. The van der Waals surface area contributed by atoms with Crippen LogP contribution >= 0.6 is 0 Å². The Bertz CT molecular complexity index is 815. The van der Waals surface area contributed by atoms with Crippen molar-refractivity contribution in [2.24, 2.45) is 0 Å². The van der Waals surface area contributed by atoms with Gasteiger partial charge in [0.25, 0.3) is 0 Å². The maximum absolute atomic E-state index is 11.2. The highest BCUT2D eigenvalue weighted by Gasteiger charge is 2.29. The van der Waals surface area contributed by atoms with Crippen molar-refractivity contribution < 1.29 is 14.6 Å². The van der Waals surface area contributed by atoms with Crippen molar-refractivity contribution in [3.63, 3.8) is 0 Å². The molecule has 1 unspecified atom stereocenters. The van der Waals surface area contributed by atoms with E-state index in [2.05, 4.69) is 11.8 Å². The Morgan fingerprint density at radius 1 is 0.875 bits per heavy atom. The van der Waals surface area contributed by atoms with E-state index in [1.807, 2.05) is 60.7 Å². The molecule has 0 radical (unpaired) electrons. The highest BCUT2D eigenvalue weighted by molar-refractivity contribution is 5.44. The third-order valence-electron chi connectivity index (χ3n) is 3.80. The van der Waals surface area contributed by atoms with E-state index in [1.54, 1.807) is 19.1 Å². The summed E-state index contributed by atoms with van der Waals surface area (Å²) >= 11 is 0. The average Bonchev–Trinajstić information content (AvgIpc) is 3.07. The molecule has 1 atom stereocenters. The number of aliphatic hydroxyl groups is 2. The summed E-state index contributed by atoms with van der Waals surface area (Å²) in [5.74, 6) is 6.61. The van der Waals surface area contributed by atoms with Crippen LogP contribution in [-0.4, -0.2) is 10.2 Å². The number of furan rings is 1. The van der Waals surface area contributed by atoms with E-state index in [4.69, 9.17) is 4.42 Å². The molecule has 1 aromatic heterocycles. The Balaban J connectivity index is 2.02. The smallest absolute Gasteiger partial charge is 0.176 e. The Morgan fingerprint density at radius 2 is 1.42 bits per heavy atom. The summed E-state index contributed by atoms with van der Waals surface area (Å²) in [5.41, 5.74) is -0.219. The fraction of sp³-hybridized carbons (Fsp3) is 0.143. The van der Waals surface area contributed by atoms with Crippen molar-refractivity contribution in [3.05, 3.63) is 95.4 Å². The lowest BCUT2D eigenvalue weighted by molar-refractivity contribution is 0.143. The second-order valence-electron chi connectivity index (χ2n) is 5.56. The van der Waals surface area contributed by atoms with Crippen molar-refractivity contribution in [3.8, 4) is 11.8 Å². The molecule has 3 aromatic rings. The zero-order valence-corrected chi connectivity index (χ0v) is 13.3. The second-order valence-corrected chi connectivity index (χ2v) is 5.56. The first kappa shape index (κ1) is 16.1. The molecule has 0 bridgehead atoms. The minimum atomic E-state index is -1.51. The maximum atomic E-state index is 11.2. The monoisotopic (exact) mass is 318 g/mol. The molecule has 120 valence electrons. The van der Waals surface area contributed by atoms with Crippen LogP contribution in [0, 0.1) is 18.8 Å². The standard InChI is InChI=1S/C21H18O3/c1-16-12-13-20(24-16)19(22)14-15-21(23,17-8-4-2-5-9-17)18-10-6-3-7-11-18/h2-13,19,22-23H,1H3. The first-order valence-corrected chi connectivity index (χ1v) is 7.70. The molecule has 0 amide bonds. The first-order chi connectivity index (χ1) is 11.6. The second kappa shape index (κ2) is 6.76. The van der Waals surface area contributed by atoms with Crippen LogP contribution in [0.4, 0.5) is 0 Å². The van der Waals surface area contributed by atoms with E-state index in [0.717, 1.165) is 0 Å². The highest BCUT2D eigenvalue weighted by Crippen LogP contribution is 2.29. The minimum Gasteiger partial charge on any atom is -0.463 e. The van der Waals surface area contributed by atoms with Crippen LogP contribution in [0.3, 0.4) is 0 Å². The molecule has 0 fully saturated rings. The lowest BCUT2D eigenvalue weighted by atomic mass is 9.86. The van der Waals surface area contributed by atoms with Gasteiger partial charge in [0.05, 0.1) is 0 Å². The fourth-order valence-electron chi connectivity index (χ4n) is 2.51. The predicted octanol–water partition coefficient (Wildman–Crippen LogP) is 3.56. The Kier molecular flexibility index (Phi) is 4.52. The van der Waals surface area contributed by atoms with Crippen LogP contribution < -0.4 is 0 Å². The Morgan fingerprint density at radius 3 is 1.88 bits per heavy atom. The van der Waals surface area contributed by atoms with Gasteiger partial charge >= 0.3 is 0 Å². The molecular weight excluding hydrogens is 300 g/mol. The quantitative estimate of drug-likeness (QED) is 0.726. The van der Waals surface area contributed by atoms with Gasteiger partial charge in [0.2, 0.25) is 0 Å². The summed E-state index contributed by atoms with van der Waals surface area (Å²) < 4.78 is 5.39. The van der Waals surface area contributed by atoms with E-state index in [-0.39, 0.29) is 0 Å². The molecular formula is C21H18O3. The van der Waals surface area contributed by atoms with Crippen molar-refractivity contribution in [1.29, 1.82) is 0 Å². The lowest BCUT2D eigenvalue weighted by Crippen LogP contribution is -2.25. The van der Waals surface area contributed by atoms with Crippen LogP contribution in [0.1, 0.15) is 28.8 Å². The molecule has 0 aliphatic carbocycles. The topological polar surface area (TPSA) is 53.6 Å². The average molecular weight is 318 g/mol. The molecule has 0 aliphatic rings. The number of aliphatic hydroxyl groups excluding tert-OH is 1. The maximum Gasteiger partial charge on any atom is 0.176 e. The van der Waals surface area contributed by atoms with Crippen LogP contribution in [0.15, 0.2) is 77.2 Å². The van der Waals surface area contributed by atoms with E-state index in [9.17, 15) is 10.2 Å². The number of hydrogen-bond donors (Lipinski definition) is 2. The lowest BCUT2D eigenvalue weighted by Gasteiger charge is -2.23. The molecule has 3 nitrogen and oxygen atoms in total. The molecule has 2 N–H and O–H groups in total. The molecule has 3 rings (SSSR count). The van der Waals surface area contributed by atoms with Gasteiger partial charge in [-0.25, -0.2) is 0 Å². The van der Waals surface area contributed by atoms with Gasteiger partial charge in [-0.15, -0.1) is 0 Å². The molecule has 1 heterocycles. The zero-order chi connectivity index (χ0) is 17.0. The Labute approximate surface area is 141 Å². The van der Waals surface area contributed by atoms with Crippen molar-refractivity contribution in [1.82, 2.24) is 0 Å². The van der Waals surface area contributed by atoms with Crippen LogP contribution in [0.2, 0.25) is 0 Å². The molecule has 0 saturated carbocycles. The molecule has 0 aliphatic heterocycles. The van der Waals surface area contributed by atoms with Gasteiger partial charge in [-0.1, -0.05) is 72.5 Å².